The third-order valence-corrected chi connectivity index (χ3v) is 2.54. The summed E-state index contributed by atoms with van der Waals surface area (Å²) in [6.45, 7) is 1.42. The summed E-state index contributed by atoms with van der Waals surface area (Å²) >= 11 is 0. The zero-order valence-electron chi connectivity index (χ0n) is 7.99. The zero-order valence-corrected chi connectivity index (χ0v) is 7.99. The van der Waals surface area contributed by atoms with Crippen molar-refractivity contribution in [3.05, 3.63) is 21.9 Å². The van der Waals surface area contributed by atoms with Crippen molar-refractivity contribution >= 4 is 0 Å². The third kappa shape index (κ3) is 2.47. The molecule has 3 unspecified atom stereocenters. The second kappa shape index (κ2) is 3.80. The lowest BCUT2D eigenvalue weighted by atomic mass is 9.89. The minimum atomic E-state index is -4.44. The van der Waals surface area contributed by atoms with Gasteiger partial charge in [-0.3, -0.25) is 10.1 Å². The van der Waals surface area contributed by atoms with E-state index in [-0.39, 0.29) is 5.70 Å². The molecule has 0 saturated heterocycles. The first kappa shape index (κ1) is 12.0. The number of nitro groups is 1. The van der Waals surface area contributed by atoms with Crippen molar-refractivity contribution in [2.45, 2.75) is 25.6 Å². The van der Waals surface area contributed by atoms with Crippen molar-refractivity contribution < 1.29 is 18.1 Å². The summed E-state index contributed by atoms with van der Waals surface area (Å²) in [5, 5.41) is 10.4. The van der Waals surface area contributed by atoms with Gasteiger partial charge in [-0.2, -0.15) is 13.2 Å². The maximum absolute atomic E-state index is 12.5. The molecule has 86 valence electrons. The van der Waals surface area contributed by atoms with Crippen molar-refractivity contribution in [3.8, 4) is 0 Å². The van der Waals surface area contributed by atoms with Crippen LogP contribution in [0.1, 0.15) is 13.3 Å². The SMILES string of the molecule is CC(N)C1C=C([N+](=O)[O-])CC1C(F)(F)F. The minimum Gasteiger partial charge on any atom is -0.327 e. The molecule has 0 fully saturated rings. The Balaban J connectivity index is 2.92. The lowest BCUT2D eigenvalue weighted by Gasteiger charge is -2.23. The van der Waals surface area contributed by atoms with Crippen LogP contribution in [0.2, 0.25) is 0 Å². The molecule has 1 aliphatic carbocycles. The highest BCUT2D eigenvalue weighted by Gasteiger charge is 2.50. The Hall–Kier alpha value is -1.11. The van der Waals surface area contributed by atoms with Gasteiger partial charge in [-0.25, -0.2) is 0 Å². The highest BCUT2D eigenvalue weighted by Crippen LogP contribution is 2.43. The van der Waals surface area contributed by atoms with E-state index < -0.39 is 35.4 Å². The lowest BCUT2D eigenvalue weighted by Crippen LogP contribution is -2.36. The van der Waals surface area contributed by atoms with E-state index >= 15 is 0 Å². The van der Waals surface area contributed by atoms with E-state index in [0.29, 0.717) is 0 Å². The van der Waals surface area contributed by atoms with E-state index in [2.05, 4.69) is 0 Å². The fourth-order valence-corrected chi connectivity index (χ4v) is 1.76. The van der Waals surface area contributed by atoms with E-state index in [9.17, 15) is 23.3 Å². The molecule has 1 aliphatic rings. The molecule has 0 amide bonds. The van der Waals surface area contributed by atoms with Crippen LogP contribution in [0, 0.1) is 22.0 Å². The van der Waals surface area contributed by atoms with E-state index in [4.69, 9.17) is 5.73 Å². The van der Waals surface area contributed by atoms with E-state index in [1.165, 1.54) is 6.92 Å². The fraction of sp³-hybridized carbons (Fsp3) is 0.750. The number of allylic oxidation sites excluding steroid dienone is 1. The average molecular weight is 224 g/mol. The highest BCUT2D eigenvalue weighted by atomic mass is 19.4. The van der Waals surface area contributed by atoms with Crippen molar-refractivity contribution in [2.75, 3.05) is 0 Å². The zero-order chi connectivity index (χ0) is 11.8. The van der Waals surface area contributed by atoms with E-state index in [1.807, 2.05) is 0 Å². The van der Waals surface area contributed by atoms with Crippen LogP contribution in [0.15, 0.2) is 11.8 Å². The molecular weight excluding hydrogens is 213 g/mol. The maximum atomic E-state index is 12.5. The van der Waals surface area contributed by atoms with E-state index in [0.717, 1.165) is 6.08 Å². The number of hydrogen-bond acceptors (Lipinski definition) is 3. The first-order chi connectivity index (χ1) is 6.73. The number of halogens is 3. The van der Waals surface area contributed by atoms with Gasteiger partial charge < -0.3 is 5.73 Å². The highest BCUT2D eigenvalue weighted by molar-refractivity contribution is 5.11. The summed E-state index contributed by atoms with van der Waals surface area (Å²) in [6, 6.07) is -0.742. The van der Waals surface area contributed by atoms with Crippen molar-refractivity contribution in [2.24, 2.45) is 17.6 Å². The van der Waals surface area contributed by atoms with Crippen molar-refractivity contribution in [3.63, 3.8) is 0 Å². The summed E-state index contributed by atoms with van der Waals surface area (Å²) in [5.41, 5.74) is 4.99. The Morgan fingerprint density at radius 3 is 2.47 bits per heavy atom. The summed E-state index contributed by atoms with van der Waals surface area (Å²) in [6.07, 6.45) is -3.99. The van der Waals surface area contributed by atoms with Gasteiger partial charge >= 0.3 is 6.18 Å². The molecule has 0 bridgehead atoms. The second-order valence-electron chi connectivity index (χ2n) is 3.70. The molecule has 0 aliphatic heterocycles. The molecular formula is C8H11F3N2O2. The van der Waals surface area contributed by atoms with Crippen LogP contribution in [-0.2, 0) is 0 Å². The van der Waals surface area contributed by atoms with Gasteiger partial charge in [0.15, 0.2) is 0 Å². The van der Waals surface area contributed by atoms with Crippen LogP contribution in [0.5, 0.6) is 0 Å². The van der Waals surface area contributed by atoms with Gasteiger partial charge in [-0.15, -0.1) is 0 Å². The average Bonchev–Trinajstić information content (AvgIpc) is 2.45. The Bertz CT molecular complexity index is 299. The second-order valence-corrected chi connectivity index (χ2v) is 3.70. The van der Waals surface area contributed by atoms with Gasteiger partial charge in [-0.05, 0) is 13.0 Å². The first-order valence-corrected chi connectivity index (χ1v) is 4.41. The smallest absolute Gasteiger partial charge is 0.327 e. The van der Waals surface area contributed by atoms with Crippen molar-refractivity contribution in [1.29, 1.82) is 0 Å². The van der Waals surface area contributed by atoms with Gasteiger partial charge in [0.05, 0.1) is 17.3 Å². The maximum Gasteiger partial charge on any atom is 0.392 e. The number of nitrogens with two attached hydrogens (primary N) is 1. The van der Waals surface area contributed by atoms with Crippen LogP contribution in [0.3, 0.4) is 0 Å². The summed E-state index contributed by atoms with van der Waals surface area (Å²) < 4.78 is 37.5. The predicted octanol–water partition coefficient (Wildman–Crippen LogP) is 1.69. The van der Waals surface area contributed by atoms with Crippen LogP contribution in [0.25, 0.3) is 0 Å². The topological polar surface area (TPSA) is 69.2 Å². The predicted molar refractivity (Wildman–Crippen MR) is 46.4 cm³/mol. The molecule has 0 spiro atoms. The molecule has 0 saturated carbocycles. The molecule has 1 rings (SSSR count). The molecule has 0 radical (unpaired) electrons. The molecule has 0 aromatic carbocycles. The largest absolute Gasteiger partial charge is 0.392 e. The minimum absolute atomic E-state index is 0.389. The fourth-order valence-electron chi connectivity index (χ4n) is 1.76. The van der Waals surface area contributed by atoms with Crippen molar-refractivity contribution in [1.82, 2.24) is 0 Å². The Labute approximate surface area is 84.1 Å². The molecule has 0 heterocycles. The van der Waals surface area contributed by atoms with Gasteiger partial charge in [0.2, 0.25) is 5.70 Å². The van der Waals surface area contributed by atoms with E-state index in [1.54, 1.807) is 0 Å². The summed E-state index contributed by atoms with van der Waals surface area (Å²) in [5.74, 6) is -2.72. The number of hydrogen-bond donors (Lipinski definition) is 1. The van der Waals surface area contributed by atoms with Crippen LogP contribution in [-0.4, -0.2) is 17.1 Å². The van der Waals surface area contributed by atoms with Gasteiger partial charge in [-0.1, -0.05) is 0 Å². The van der Waals surface area contributed by atoms with Crippen LogP contribution >= 0.6 is 0 Å². The molecule has 7 heteroatoms. The standard InChI is InChI=1S/C8H11F3N2O2/c1-4(12)6-2-5(13(14)15)3-7(6)8(9,10)11/h2,4,6-7H,3,12H2,1H3. The molecule has 3 atom stereocenters. The van der Waals surface area contributed by atoms with Gasteiger partial charge in [0.25, 0.3) is 0 Å². The number of nitrogens with zero attached hydrogens (tertiary/aromatic N) is 1. The first-order valence-electron chi connectivity index (χ1n) is 4.41. The monoisotopic (exact) mass is 224 g/mol. The van der Waals surface area contributed by atoms with Crippen LogP contribution < -0.4 is 5.73 Å². The molecule has 0 aromatic heterocycles. The van der Waals surface area contributed by atoms with Crippen LogP contribution in [0.4, 0.5) is 13.2 Å². The summed E-state index contributed by atoms with van der Waals surface area (Å²) in [4.78, 5) is 9.59. The Morgan fingerprint density at radius 1 is 1.67 bits per heavy atom. The molecule has 0 aromatic rings. The Kier molecular flexibility index (Phi) is 3.03. The Morgan fingerprint density at radius 2 is 2.20 bits per heavy atom. The quantitative estimate of drug-likeness (QED) is 0.573. The third-order valence-electron chi connectivity index (χ3n) is 2.54. The molecule has 4 nitrogen and oxygen atoms in total. The summed E-state index contributed by atoms with van der Waals surface area (Å²) in [7, 11) is 0. The lowest BCUT2D eigenvalue weighted by molar-refractivity contribution is -0.428. The molecule has 15 heavy (non-hydrogen) atoms. The number of rotatable bonds is 2. The van der Waals surface area contributed by atoms with Gasteiger partial charge in [0, 0.05) is 12.0 Å². The number of alkyl halides is 3. The van der Waals surface area contributed by atoms with Gasteiger partial charge in [0.1, 0.15) is 0 Å². The normalized spacial score (nSPS) is 28.7. The molecule has 2 N–H and O–H groups in total.